The van der Waals surface area contributed by atoms with Crippen molar-refractivity contribution in [3.8, 4) is 0 Å². The summed E-state index contributed by atoms with van der Waals surface area (Å²) in [6, 6.07) is 1.76. The van der Waals surface area contributed by atoms with Crippen LogP contribution in [-0.4, -0.2) is 27.7 Å². The molecule has 2 aromatic heterocycles. The third kappa shape index (κ3) is 4.14. The lowest BCUT2D eigenvalue weighted by atomic mass is 9.89. The molecule has 2 N–H and O–H groups in total. The second kappa shape index (κ2) is 7.49. The van der Waals surface area contributed by atoms with Crippen molar-refractivity contribution in [1.82, 2.24) is 15.3 Å². The fourth-order valence-electron chi connectivity index (χ4n) is 2.90. The molecule has 3 rings (SSSR count). The average molecular weight is 351 g/mol. The van der Waals surface area contributed by atoms with Gasteiger partial charge in [0.15, 0.2) is 5.16 Å². The molecule has 1 saturated carbocycles. The highest BCUT2D eigenvalue weighted by atomic mass is 32.2. The molecule has 2 aromatic rings. The summed E-state index contributed by atoms with van der Waals surface area (Å²) in [5.74, 6) is 0.625. The van der Waals surface area contributed by atoms with Gasteiger partial charge in [-0.3, -0.25) is 9.59 Å². The Morgan fingerprint density at radius 1 is 1.48 bits per heavy atom. The van der Waals surface area contributed by atoms with Crippen molar-refractivity contribution in [3.63, 3.8) is 0 Å². The van der Waals surface area contributed by atoms with E-state index in [0.29, 0.717) is 21.3 Å². The molecule has 124 valence electrons. The lowest BCUT2D eigenvalue weighted by Gasteiger charge is -2.22. The molecule has 0 spiro atoms. The molecule has 1 amide bonds. The van der Waals surface area contributed by atoms with E-state index in [1.54, 1.807) is 6.07 Å². The van der Waals surface area contributed by atoms with Gasteiger partial charge in [0.05, 0.1) is 10.6 Å². The summed E-state index contributed by atoms with van der Waals surface area (Å²) in [6.45, 7) is 2.61. The minimum atomic E-state index is -0.279. The average Bonchev–Trinajstić information content (AvgIpc) is 3.02. The van der Waals surface area contributed by atoms with Crippen LogP contribution in [0.1, 0.15) is 39.0 Å². The molecule has 0 radical (unpaired) electrons. The van der Waals surface area contributed by atoms with Crippen molar-refractivity contribution in [2.24, 2.45) is 5.92 Å². The molecule has 0 saturated heterocycles. The smallest absolute Gasteiger partial charge is 0.260 e. The summed E-state index contributed by atoms with van der Waals surface area (Å²) in [4.78, 5) is 32.1. The summed E-state index contributed by atoms with van der Waals surface area (Å²) in [7, 11) is 0. The monoisotopic (exact) mass is 351 g/mol. The highest BCUT2D eigenvalue weighted by molar-refractivity contribution is 8.00. The van der Waals surface area contributed by atoms with Gasteiger partial charge < -0.3 is 10.3 Å². The molecule has 0 bridgehead atoms. The van der Waals surface area contributed by atoms with Crippen molar-refractivity contribution >= 4 is 39.2 Å². The number of aromatic nitrogens is 2. The van der Waals surface area contributed by atoms with Crippen LogP contribution in [-0.2, 0) is 4.79 Å². The largest absolute Gasteiger partial charge is 0.355 e. The normalized spacial score (nSPS) is 17.3. The molecule has 0 aliphatic heterocycles. The number of fused-ring (bicyclic) bond motifs is 1. The van der Waals surface area contributed by atoms with Gasteiger partial charge >= 0.3 is 0 Å². The van der Waals surface area contributed by atoms with Crippen LogP contribution >= 0.6 is 23.1 Å². The zero-order valence-corrected chi connectivity index (χ0v) is 14.8. The zero-order chi connectivity index (χ0) is 16.2. The van der Waals surface area contributed by atoms with Gasteiger partial charge in [-0.05, 0) is 37.1 Å². The van der Waals surface area contributed by atoms with Gasteiger partial charge in [0.2, 0.25) is 5.91 Å². The number of carbonyl (C=O) groups is 1. The number of rotatable bonds is 5. The Balaban J connectivity index is 1.57. The van der Waals surface area contributed by atoms with E-state index in [1.165, 1.54) is 55.2 Å². The van der Waals surface area contributed by atoms with Gasteiger partial charge in [-0.25, -0.2) is 4.98 Å². The standard InChI is InChI=1S/C16H21N3O2S2/c1-10(13(20)17-9-11-5-3-2-4-6-11)23-16-18-14(21)12-7-8-22-15(12)19-16/h7-8,10-11H,2-6,9H2,1H3,(H,17,20)(H,18,19,21). The van der Waals surface area contributed by atoms with Crippen LogP contribution in [0, 0.1) is 5.92 Å². The molecular formula is C16H21N3O2S2. The Hall–Kier alpha value is -1.34. The first kappa shape index (κ1) is 16.5. The number of carbonyl (C=O) groups excluding carboxylic acids is 1. The third-order valence-corrected chi connectivity index (χ3v) is 6.05. The van der Waals surface area contributed by atoms with E-state index in [0.717, 1.165) is 6.54 Å². The second-order valence-corrected chi connectivity index (χ2v) is 8.24. The van der Waals surface area contributed by atoms with Crippen molar-refractivity contribution in [2.45, 2.75) is 49.4 Å². The lowest BCUT2D eigenvalue weighted by Crippen LogP contribution is -2.35. The van der Waals surface area contributed by atoms with Gasteiger partial charge in [-0.2, -0.15) is 0 Å². The van der Waals surface area contributed by atoms with E-state index in [1.807, 2.05) is 12.3 Å². The predicted molar refractivity (Wildman–Crippen MR) is 95.1 cm³/mol. The van der Waals surface area contributed by atoms with Gasteiger partial charge in [0.25, 0.3) is 5.56 Å². The molecule has 1 unspecified atom stereocenters. The van der Waals surface area contributed by atoms with Crippen molar-refractivity contribution in [3.05, 3.63) is 21.8 Å². The Bertz CT molecular complexity index is 734. The van der Waals surface area contributed by atoms with E-state index >= 15 is 0 Å². The van der Waals surface area contributed by atoms with E-state index < -0.39 is 0 Å². The number of thioether (sulfide) groups is 1. The molecule has 5 nitrogen and oxygen atoms in total. The number of thiophene rings is 1. The number of H-pyrrole nitrogens is 1. The number of hydrogen-bond acceptors (Lipinski definition) is 5. The van der Waals surface area contributed by atoms with E-state index in [-0.39, 0.29) is 16.7 Å². The Kier molecular flexibility index (Phi) is 5.38. The first-order valence-corrected chi connectivity index (χ1v) is 9.81. The number of nitrogens with zero attached hydrogens (tertiary/aromatic N) is 1. The van der Waals surface area contributed by atoms with E-state index in [9.17, 15) is 9.59 Å². The van der Waals surface area contributed by atoms with Gasteiger partial charge in [0, 0.05) is 6.54 Å². The van der Waals surface area contributed by atoms with Crippen molar-refractivity contribution in [2.75, 3.05) is 6.54 Å². The van der Waals surface area contributed by atoms with E-state index in [2.05, 4.69) is 15.3 Å². The molecule has 1 fully saturated rings. The van der Waals surface area contributed by atoms with Gasteiger partial charge in [0.1, 0.15) is 4.83 Å². The molecule has 0 aromatic carbocycles. The molecule has 2 heterocycles. The highest BCUT2D eigenvalue weighted by Crippen LogP contribution is 2.24. The van der Waals surface area contributed by atoms with Crippen molar-refractivity contribution in [1.29, 1.82) is 0 Å². The van der Waals surface area contributed by atoms with Crippen molar-refractivity contribution < 1.29 is 4.79 Å². The fraction of sp³-hybridized carbons (Fsp3) is 0.562. The fourth-order valence-corrected chi connectivity index (χ4v) is 4.55. The molecule has 1 atom stereocenters. The summed E-state index contributed by atoms with van der Waals surface area (Å²) < 4.78 is 0. The lowest BCUT2D eigenvalue weighted by molar-refractivity contribution is -0.120. The minimum absolute atomic E-state index is 0.00880. The number of nitrogens with one attached hydrogen (secondary N) is 2. The van der Waals surface area contributed by atoms with Gasteiger partial charge in [-0.1, -0.05) is 31.0 Å². The molecule has 7 heteroatoms. The maximum Gasteiger partial charge on any atom is 0.260 e. The summed E-state index contributed by atoms with van der Waals surface area (Å²) in [5, 5.41) is 5.72. The summed E-state index contributed by atoms with van der Waals surface area (Å²) >= 11 is 2.73. The van der Waals surface area contributed by atoms with Crippen LogP contribution in [0.3, 0.4) is 0 Å². The van der Waals surface area contributed by atoms with Crippen LogP contribution in [0.2, 0.25) is 0 Å². The topological polar surface area (TPSA) is 74.8 Å². The Labute approximate surface area is 143 Å². The highest BCUT2D eigenvalue weighted by Gasteiger charge is 2.19. The number of hydrogen-bond donors (Lipinski definition) is 2. The first-order valence-electron chi connectivity index (χ1n) is 8.05. The molecule has 1 aliphatic rings. The van der Waals surface area contributed by atoms with Crippen LogP contribution in [0.25, 0.3) is 10.2 Å². The van der Waals surface area contributed by atoms with E-state index in [4.69, 9.17) is 0 Å². The maximum absolute atomic E-state index is 12.2. The first-order chi connectivity index (χ1) is 11.1. The van der Waals surface area contributed by atoms with Crippen LogP contribution in [0.5, 0.6) is 0 Å². The minimum Gasteiger partial charge on any atom is -0.355 e. The Morgan fingerprint density at radius 2 is 2.26 bits per heavy atom. The predicted octanol–water partition coefficient (Wildman–Crippen LogP) is 3.16. The quantitative estimate of drug-likeness (QED) is 0.641. The van der Waals surface area contributed by atoms with Crippen LogP contribution < -0.4 is 10.9 Å². The van der Waals surface area contributed by atoms with Crippen LogP contribution in [0.15, 0.2) is 21.4 Å². The summed E-state index contributed by atoms with van der Waals surface area (Å²) in [6.07, 6.45) is 6.30. The summed E-state index contributed by atoms with van der Waals surface area (Å²) in [5.41, 5.74) is -0.145. The SMILES string of the molecule is CC(Sc1nc2sccc2c(=O)[nH]1)C(=O)NCC1CCCCC1. The third-order valence-electron chi connectivity index (χ3n) is 4.26. The Morgan fingerprint density at radius 3 is 3.04 bits per heavy atom. The van der Waals surface area contributed by atoms with Gasteiger partial charge in [-0.15, -0.1) is 11.3 Å². The molecule has 1 aliphatic carbocycles. The number of amides is 1. The van der Waals surface area contributed by atoms with Crippen LogP contribution in [0.4, 0.5) is 0 Å². The second-order valence-electron chi connectivity index (χ2n) is 6.02. The zero-order valence-electron chi connectivity index (χ0n) is 13.1. The molecular weight excluding hydrogens is 330 g/mol. The maximum atomic E-state index is 12.2. The molecule has 23 heavy (non-hydrogen) atoms. The number of aromatic amines is 1.